The Bertz CT molecular complexity index is 1030. The first-order chi connectivity index (χ1) is 13.1. The van der Waals surface area contributed by atoms with E-state index in [1.54, 1.807) is 0 Å². The molecule has 0 saturated heterocycles. The van der Waals surface area contributed by atoms with Crippen LogP contribution in [0.1, 0.15) is 10.6 Å². The fourth-order valence-electron chi connectivity index (χ4n) is 2.83. The van der Waals surface area contributed by atoms with Gasteiger partial charge in [-0.25, -0.2) is 4.98 Å². The zero-order chi connectivity index (χ0) is 18.8. The summed E-state index contributed by atoms with van der Waals surface area (Å²) in [5.41, 5.74) is 4.13. The molecule has 7 heteroatoms. The average molecular weight is 379 g/mol. The maximum Gasteiger partial charge on any atom is 0.262 e. The van der Waals surface area contributed by atoms with Crippen molar-refractivity contribution < 1.29 is 14.3 Å². The van der Waals surface area contributed by atoms with E-state index in [4.69, 9.17) is 4.74 Å². The lowest BCUT2D eigenvalue weighted by Crippen LogP contribution is -2.25. The summed E-state index contributed by atoms with van der Waals surface area (Å²) in [6.45, 7) is 2.01. The number of aryl methyl sites for hydroxylation is 1. The summed E-state index contributed by atoms with van der Waals surface area (Å²) in [7, 11) is 0. The summed E-state index contributed by atoms with van der Waals surface area (Å²) in [6, 6.07) is 13.2. The van der Waals surface area contributed by atoms with Crippen LogP contribution in [0.2, 0.25) is 0 Å². The molecular formula is C20H17N3O3S. The van der Waals surface area contributed by atoms with Gasteiger partial charge in [0, 0.05) is 16.6 Å². The second kappa shape index (κ2) is 7.20. The number of hydrogen-bond donors (Lipinski definition) is 2. The highest BCUT2D eigenvalue weighted by molar-refractivity contribution is 7.10. The van der Waals surface area contributed by atoms with E-state index < -0.39 is 0 Å². The molecule has 0 unspecified atom stereocenters. The normalized spacial score (nSPS) is 12.7. The van der Waals surface area contributed by atoms with Gasteiger partial charge in [0.1, 0.15) is 10.8 Å². The lowest BCUT2D eigenvalue weighted by molar-refractivity contribution is -0.118. The predicted molar refractivity (Wildman–Crippen MR) is 105 cm³/mol. The van der Waals surface area contributed by atoms with Crippen LogP contribution in [0.25, 0.3) is 11.3 Å². The summed E-state index contributed by atoms with van der Waals surface area (Å²) in [5, 5.41) is 8.31. The SMILES string of the molecule is Cc1cccc(NC(=O)Cc2nc(-c3ccc4c(c3)NC(=O)CO4)cs2)c1. The van der Waals surface area contributed by atoms with Gasteiger partial charge in [0.2, 0.25) is 5.91 Å². The lowest BCUT2D eigenvalue weighted by atomic mass is 10.1. The number of benzene rings is 2. The van der Waals surface area contributed by atoms with Crippen LogP contribution >= 0.6 is 11.3 Å². The molecule has 2 aromatic carbocycles. The number of thiazole rings is 1. The number of nitrogens with zero attached hydrogens (tertiary/aromatic N) is 1. The van der Waals surface area contributed by atoms with Gasteiger partial charge >= 0.3 is 0 Å². The van der Waals surface area contributed by atoms with Crippen molar-refractivity contribution in [2.75, 3.05) is 17.2 Å². The second-order valence-electron chi connectivity index (χ2n) is 6.27. The minimum absolute atomic E-state index is 0.0310. The Hall–Kier alpha value is -3.19. The van der Waals surface area contributed by atoms with Gasteiger partial charge in [-0.15, -0.1) is 11.3 Å². The smallest absolute Gasteiger partial charge is 0.262 e. The number of amides is 2. The van der Waals surface area contributed by atoms with Crippen molar-refractivity contribution in [1.82, 2.24) is 4.98 Å². The fraction of sp³-hybridized carbons (Fsp3) is 0.150. The molecule has 136 valence electrons. The Morgan fingerprint density at radius 3 is 3.04 bits per heavy atom. The highest BCUT2D eigenvalue weighted by Gasteiger charge is 2.17. The van der Waals surface area contributed by atoms with Crippen LogP contribution in [-0.2, 0) is 16.0 Å². The maximum absolute atomic E-state index is 12.3. The third-order valence-electron chi connectivity index (χ3n) is 4.07. The number of hydrogen-bond acceptors (Lipinski definition) is 5. The van der Waals surface area contributed by atoms with Crippen molar-refractivity contribution in [3.8, 4) is 17.0 Å². The topological polar surface area (TPSA) is 80.3 Å². The molecule has 1 aliphatic rings. The van der Waals surface area contributed by atoms with Gasteiger partial charge < -0.3 is 15.4 Å². The Morgan fingerprint density at radius 2 is 2.19 bits per heavy atom. The molecule has 0 saturated carbocycles. The van der Waals surface area contributed by atoms with E-state index in [9.17, 15) is 9.59 Å². The van der Waals surface area contributed by atoms with Crippen molar-refractivity contribution in [2.45, 2.75) is 13.3 Å². The highest BCUT2D eigenvalue weighted by atomic mass is 32.1. The van der Waals surface area contributed by atoms with Crippen LogP contribution in [0.15, 0.2) is 47.8 Å². The van der Waals surface area contributed by atoms with E-state index in [1.165, 1.54) is 11.3 Å². The number of carbonyl (C=O) groups is 2. The van der Waals surface area contributed by atoms with Crippen molar-refractivity contribution in [1.29, 1.82) is 0 Å². The third-order valence-corrected chi connectivity index (χ3v) is 4.92. The van der Waals surface area contributed by atoms with E-state index in [0.29, 0.717) is 11.4 Å². The van der Waals surface area contributed by atoms with Crippen molar-refractivity contribution in [3.63, 3.8) is 0 Å². The van der Waals surface area contributed by atoms with Gasteiger partial charge in [0.05, 0.1) is 17.8 Å². The quantitative estimate of drug-likeness (QED) is 0.725. The van der Waals surface area contributed by atoms with Gasteiger partial charge in [-0.3, -0.25) is 9.59 Å². The summed E-state index contributed by atoms with van der Waals surface area (Å²) in [5.74, 6) is 0.366. The molecule has 27 heavy (non-hydrogen) atoms. The van der Waals surface area contributed by atoms with Gasteiger partial charge in [0.15, 0.2) is 6.61 Å². The molecular weight excluding hydrogens is 362 g/mol. The number of ether oxygens (including phenoxy) is 1. The van der Waals surface area contributed by atoms with E-state index >= 15 is 0 Å². The van der Waals surface area contributed by atoms with Crippen LogP contribution in [0.5, 0.6) is 5.75 Å². The van der Waals surface area contributed by atoms with Gasteiger partial charge in [-0.05, 0) is 42.8 Å². The number of carbonyl (C=O) groups excluding carboxylic acids is 2. The zero-order valence-electron chi connectivity index (χ0n) is 14.6. The molecule has 0 spiro atoms. The van der Waals surface area contributed by atoms with E-state index in [-0.39, 0.29) is 24.8 Å². The first-order valence-corrected chi connectivity index (χ1v) is 9.33. The van der Waals surface area contributed by atoms with E-state index in [0.717, 1.165) is 27.5 Å². The predicted octanol–water partition coefficient (Wildman–Crippen LogP) is 3.63. The molecule has 0 aliphatic carbocycles. The summed E-state index contributed by atoms with van der Waals surface area (Å²) < 4.78 is 5.37. The molecule has 3 aromatic rings. The Balaban J connectivity index is 1.46. The van der Waals surface area contributed by atoms with Crippen molar-refractivity contribution >= 4 is 34.5 Å². The van der Waals surface area contributed by atoms with Crippen molar-refractivity contribution in [2.24, 2.45) is 0 Å². The van der Waals surface area contributed by atoms with E-state index in [2.05, 4.69) is 15.6 Å². The van der Waals surface area contributed by atoms with Crippen LogP contribution in [0.3, 0.4) is 0 Å². The molecule has 0 fully saturated rings. The third kappa shape index (κ3) is 3.98. The highest BCUT2D eigenvalue weighted by Crippen LogP contribution is 2.33. The lowest BCUT2D eigenvalue weighted by Gasteiger charge is -2.18. The minimum atomic E-state index is -0.175. The van der Waals surface area contributed by atoms with E-state index in [1.807, 2.05) is 54.8 Å². The van der Waals surface area contributed by atoms with Gasteiger partial charge in [0.25, 0.3) is 5.91 Å². The molecule has 2 N–H and O–H groups in total. The number of rotatable bonds is 4. The summed E-state index contributed by atoms with van der Waals surface area (Å²) in [4.78, 5) is 28.3. The standard InChI is InChI=1S/C20H17N3O3S/c1-12-3-2-4-14(7-12)21-18(24)9-20-23-16(11-27-20)13-5-6-17-15(8-13)22-19(25)10-26-17/h2-8,11H,9-10H2,1H3,(H,21,24)(H,22,25). The Kier molecular flexibility index (Phi) is 4.60. The second-order valence-corrected chi connectivity index (χ2v) is 7.21. The first-order valence-electron chi connectivity index (χ1n) is 8.45. The minimum Gasteiger partial charge on any atom is -0.482 e. The number of fused-ring (bicyclic) bond motifs is 1. The van der Waals surface area contributed by atoms with Crippen molar-refractivity contribution in [3.05, 3.63) is 58.4 Å². The van der Waals surface area contributed by atoms with Gasteiger partial charge in [-0.1, -0.05) is 12.1 Å². The van der Waals surface area contributed by atoms with Gasteiger partial charge in [-0.2, -0.15) is 0 Å². The van der Waals surface area contributed by atoms with Crippen LogP contribution in [0, 0.1) is 6.92 Å². The molecule has 1 aromatic heterocycles. The maximum atomic E-state index is 12.3. The number of anilines is 2. The average Bonchev–Trinajstić information content (AvgIpc) is 3.09. The largest absolute Gasteiger partial charge is 0.482 e. The summed E-state index contributed by atoms with van der Waals surface area (Å²) in [6.07, 6.45) is 0.212. The molecule has 6 nitrogen and oxygen atoms in total. The molecule has 0 atom stereocenters. The van der Waals surface area contributed by atoms with Crippen LogP contribution < -0.4 is 15.4 Å². The molecule has 2 amide bonds. The first kappa shape index (κ1) is 17.2. The number of aromatic nitrogens is 1. The number of nitrogens with one attached hydrogen (secondary N) is 2. The molecule has 1 aliphatic heterocycles. The van der Waals surface area contributed by atoms with Crippen LogP contribution in [0.4, 0.5) is 11.4 Å². The molecule has 2 heterocycles. The molecule has 4 rings (SSSR count). The van der Waals surface area contributed by atoms with Crippen LogP contribution in [-0.4, -0.2) is 23.4 Å². The Labute approximate surface area is 160 Å². The zero-order valence-corrected chi connectivity index (χ0v) is 15.4. The molecule has 0 bridgehead atoms. The monoisotopic (exact) mass is 379 g/mol. The fourth-order valence-corrected chi connectivity index (χ4v) is 3.63. The Morgan fingerprint density at radius 1 is 1.30 bits per heavy atom. The molecule has 0 radical (unpaired) electrons. The summed E-state index contributed by atoms with van der Waals surface area (Å²) >= 11 is 1.43.